The van der Waals surface area contributed by atoms with Crippen molar-refractivity contribution in [1.29, 1.82) is 0 Å². The molecule has 34 heavy (non-hydrogen) atoms. The van der Waals surface area contributed by atoms with Gasteiger partial charge in [0.05, 0.1) is 6.10 Å². The van der Waals surface area contributed by atoms with Crippen molar-refractivity contribution >= 4 is 17.5 Å². The molecule has 10 nitrogen and oxygen atoms in total. The van der Waals surface area contributed by atoms with Gasteiger partial charge < -0.3 is 24.0 Å². The highest BCUT2D eigenvalue weighted by Crippen LogP contribution is 2.19. The Morgan fingerprint density at radius 3 is 2.21 bits per heavy atom. The van der Waals surface area contributed by atoms with Gasteiger partial charge in [-0.05, 0) is 37.1 Å². The molecular weight excluding hydrogens is 434 g/mol. The maximum absolute atomic E-state index is 12.8. The number of amides is 1. The molecule has 1 unspecified atom stereocenters. The summed E-state index contributed by atoms with van der Waals surface area (Å²) in [5, 5.41) is 8.97. The van der Waals surface area contributed by atoms with Crippen molar-refractivity contribution in [2.75, 3.05) is 75.3 Å². The number of hydrogen-bond acceptors (Lipinski definition) is 8. The number of nitrogens with zero attached hydrogens (tertiary/aromatic N) is 7. The van der Waals surface area contributed by atoms with Crippen molar-refractivity contribution in [3.05, 3.63) is 46.4 Å². The third kappa shape index (κ3) is 4.92. The van der Waals surface area contributed by atoms with Crippen LogP contribution in [0.15, 0.2) is 35.3 Å². The molecule has 3 aliphatic heterocycles. The van der Waals surface area contributed by atoms with Gasteiger partial charge in [-0.25, -0.2) is 0 Å². The predicted octanol–water partition coefficient (Wildman–Crippen LogP) is 0.439. The molecule has 0 aromatic carbocycles. The number of hydrogen-bond donors (Lipinski definition) is 0. The minimum Gasteiger partial charge on any atom is -0.377 e. The summed E-state index contributed by atoms with van der Waals surface area (Å²) in [7, 11) is 1.66. The molecule has 0 radical (unpaired) electrons. The molecule has 5 heterocycles. The van der Waals surface area contributed by atoms with E-state index in [1.54, 1.807) is 30.3 Å². The summed E-state index contributed by atoms with van der Waals surface area (Å²) < 4.78 is 7.21. The Bertz CT molecular complexity index is 1040. The fourth-order valence-electron chi connectivity index (χ4n) is 4.96. The van der Waals surface area contributed by atoms with E-state index < -0.39 is 0 Å². The second-order valence-electron chi connectivity index (χ2n) is 9.29. The van der Waals surface area contributed by atoms with Crippen LogP contribution in [0.2, 0.25) is 0 Å². The molecule has 0 N–H and O–H groups in total. The number of rotatable bonds is 5. The van der Waals surface area contributed by atoms with E-state index in [0.29, 0.717) is 32.3 Å². The summed E-state index contributed by atoms with van der Waals surface area (Å²) in [6.07, 6.45) is 4.43. The second-order valence-corrected chi connectivity index (χ2v) is 9.29. The summed E-state index contributed by atoms with van der Waals surface area (Å²) in [4.78, 5) is 33.7. The van der Waals surface area contributed by atoms with Gasteiger partial charge in [-0.3, -0.25) is 14.5 Å². The first-order valence-corrected chi connectivity index (χ1v) is 12.2. The third-order valence-corrected chi connectivity index (χ3v) is 7.06. The summed E-state index contributed by atoms with van der Waals surface area (Å²) in [6.45, 7) is 8.29. The van der Waals surface area contributed by atoms with E-state index in [4.69, 9.17) is 4.74 Å². The second kappa shape index (κ2) is 10.1. The topological polar surface area (TPSA) is 87.0 Å². The Hall–Kier alpha value is -2.98. The molecule has 0 spiro atoms. The number of ether oxygens (including phenoxy) is 1. The fraction of sp³-hybridized carbons (Fsp3) is 0.583. The van der Waals surface area contributed by atoms with E-state index >= 15 is 0 Å². The Kier molecular flexibility index (Phi) is 6.77. The molecule has 0 saturated carbocycles. The van der Waals surface area contributed by atoms with Crippen molar-refractivity contribution in [3.63, 3.8) is 0 Å². The van der Waals surface area contributed by atoms with E-state index in [0.717, 1.165) is 51.0 Å². The van der Waals surface area contributed by atoms with E-state index in [1.807, 2.05) is 12.1 Å². The Morgan fingerprint density at radius 1 is 0.971 bits per heavy atom. The minimum atomic E-state index is -0.260. The van der Waals surface area contributed by atoms with Crippen LogP contribution in [-0.2, 0) is 11.8 Å². The average molecular weight is 468 g/mol. The van der Waals surface area contributed by atoms with Crippen LogP contribution in [0.1, 0.15) is 23.2 Å². The molecule has 5 rings (SSSR count). The standard InChI is InChI=1S/C24H33N7O3/c1-27-8-2-5-20(23(27)32)24(33)31-15-13-30(14-16-31)22-7-6-21(25-26-22)29-11-9-28(10-12-29)18-19-4-3-17-34-19/h2,5-8,19H,3-4,9-18H2,1H3. The molecule has 0 aliphatic carbocycles. The van der Waals surface area contributed by atoms with Crippen LogP contribution < -0.4 is 15.4 Å². The number of pyridine rings is 1. The van der Waals surface area contributed by atoms with E-state index in [1.165, 1.54) is 17.4 Å². The van der Waals surface area contributed by atoms with Gasteiger partial charge in [0, 0.05) is 78.8 Å². The lowest BCUT2D eigenvalue weighted by Crippen LogP contribution is -2.50. The van der Waals surface area contributed by atoms with Crippen molar-refractivity contribution in [1.82, 2.24) is 24.6 Å². The number of aryl methyl sites for hydroxylation is 1. The van der Waals surface area contributed by atoms with Crippen LogP contribution in [0.3, 0.4) is 0 Å². The number of anilines is 2. The van der Waals surface area contributed by atoms with Crippen LogP contribution in [-0.4, -0.2) is 102 Å². The lowest BCUT2D eigenvalue weighted by atomic mass is 10.2. The quantitative estimate of drug-likeness (QED) is 0.626. The lowest BCUT2D eigenvalue weighted by molar-refractivity contribution is 0.0712. The molecule has 10 heteroatoms. The molecule has 2 aromatic heterocycles. The summed E-state index contributed by atoms with van der Waals surface area (Å²) in [5.74, 6) is 1.53. The molecule has 182 valence electrons. The first kappa shape index (κ1) is 22.8. The molecule has 2 aromatic rings. The molecule has 0 bridgehead atoms. The highest BCUT2D eigenvalue weighted by atomic mass is 16.5. The van der Waals surface area contributed by atoms with Crippen LogP contribution >= 0.6 is 0 Å². The van der Waals surface area contributed by atoms with Gasteiger partial charge in [-0.15, -0.1) is 10.2 Å². The zero-order chi connectivity index (χ0) is 23.5. The van der Waals surface area contributed by atoms with Crippen LogP contribution in [0.4, 0.5) is 11.6 Å². The van der Waals surface area contributed by atoms with Crippen LogP contribution in [0, 0.1) is 0 Å². The van der Waals surface area contributed by atoms with Gasteiger partial charge in [0.1, 0.15) is 5.56 Å². The Morgan fingerprint density at radius 2 is 1.62 bits per heavy atom. The maximum Gasteiger partial charge on any atom is 0.263 e. The zero-order valence-corrected chi connectivity index (χ0v) is 19.8. The predicted molar refractivity (Wildman–Crippen MR) is 129 cm³/mol. The number of piperazine rings is 2. The number of aromatic nitrogens is 3. The normalized spacial score (nSPS) is 21.8. The van der Waals surface area contributed by atoms with Crippen molar-refractivity contribution in [2.45, 2.75) is 18.9 Å². The Labute approximate surface area is 199 Å². The van der Waals surface area contributed by atoms with Crippen molar-refractivity contribution < 1.29 is 9.53 Å². The summed E-state index contributed by atoms with van der Waals surface area (Å²) in [6, 6.07) is 7.39. The fourth-order valence-corrected chi connectivity index (χ4v) is 4.96. The van der Waals surface area contributed by atoms with E-state index in [-0.39, 0.29) is 17.0 Å². The number of carbonyl (C=O) groups excluding carboxylic acids is 1. The first-order valence-electron chi connectivity index (χ1n) is 12.2. The van der Waals surface area contributed by atoms with Crippen LogP contribution in [0.25, 0.3) is 0 Å². The van der Waals surface area contributed by atoms with E-state index in [9.17, 15) is 9.59 Å². The first-order chi connectivity index (χ1) is 16.6. The van der Waals surface area contributed by atoms with E-state index in [2.05, 4.69) is 24.9 Å². The monoisotopic (exact) mass is 467 g/mol. The van der Waals surface area contributed by atoms with Gasteiger partial charge in [0.2, 0.25) is 0 Å². The molecule has 3 saturated heterocycles. The minimum absolute atomic E-state index is 0.207. The molecular formula is C24H33N7O3. The summed E-state index contributed by atoms with van der Waals surface area (Å²) in [5.41, 5.74) is -0.0393. The third-order valence-electron chi connectivity index (χ3n) is 7.06. The average Bonchev–Trinajstić information content (AvgIpc) is 3.39. The van der Waals surface area contributed by atoms with Gasteiger partial charge in [-0.2, -0.15) is 0 Å². The lowest BCUT2D eigenvalue weighted by Gasteiger charge is -2.37. The van der Waals surface area contributed by atoms with Gasteiger partial charge >= 0.3 is 0 Å². The molecule has 3 aliphatic rings. The smallest absolute Gasteiger partial charge is 0.263 e. The highest BCUT2D eigenvalue weighted by molar-refractivity contribution is 5.94. The Balaban J connectivity index is 1.12. The molecule has 1 atom stereocenters. The molecule has 1 amide bonds. The SMILES string of the molecule is Cn1cccc(C(=O)N2CCN(c3ccc(N4CCN(CC5CCCO5)CC4)nn3)CC2)c1=O. The number of carbonyl (C=O) groups is 1. The zero-order valence-electron chi connectivity index (χ0n) is 19.8. The van der Waals surface area contributed by atoms with Gasteiger partial charge in [0.25, 0.3) is 11.5 Å². The largest absolute Gasteiger partial charge is 0.377 e. The van der Waals surface area contributed by atoms with Crippen molar-refractivity contribution in [3.8, 4) is 0 Å². The summed E-state index contributed by atoms with van der Waals surface area (Å²) >= 11 is 0. The maximum atomic E-state index is 12.8. The van der Waals surface area contributed by atoms with Crippen LogP contribution in [0.5, 0.6) is 0 Å². The highest BCUT2D eigenvalue weighted by Gasteiger charge is 2.26. The van der Waals surface area contributed by atoms with Crippen molar-refractivity contribution in [2.24, 2.45) is 7.05 Å². The van der Waals surface area contributed by atoms with Gasteiger partial charge in [0.15, 0.2) is 11.6 Å². The molecule has 3 fully saturated rings. The van der Waals surface area contributed by atoms with Gasteiger partial charge in [-0.1, -0.05) is 0 Å².